The molecule has 4 rings (SSSR count). The highest BCUT2D eigenvalue weighted by Gasteiger charge is 2.20. The Labute approximate surface area is 152 Å². The van der Waals surface area contributed by atoms with Gasteiger partial charge in [0.15, 0.2) is 11.2 Å². The van der Waals surface area contributed by atoms with Gasteiger partial charge in [0.05, 0.1) is 5.69 Å². The first-order chi connectivity index (χ1) is 12.9. The van der Waals surface area contributed by atoms with Crippen molar-refractivity contribution in [3.8, 4) is 11.3 Å². The summed E-state index contributed by atoms with van der Waals surface area (Å²) in [6, 6.07) is 6.02. The summed E-state index contributed by atoms with van der Waals surface area (Å²) in [6.07, 6.45) is 2.24. The number of hydrogen-bond acceptors (Lipinski definition) is 4. The van der Waals surface area contributed by atoms with Gasteiger partial charge < -0.3 is 9.67 Å². The smallest absolute Gasteiger partial charge is 0.332 e. The molecule has 8 nitrogen and oxygen atoms in total. The second kappa shape index (κ2) is 6.20. The number of aryl methyl sites for hydroxylation is 2. The lowest BCUT2D eigenvalue weighted by atomic mass is 10.1. The topological polar surface area (TPSA) is 86.5 Å². The lowest BCUT2D eigenvalue weighted by Gasteiger charge is -2.08. The number of aliphatic hydroxyl groups is 1. The molecule has 0 radical (unpaired) electrons. The summed E-state index contributed by atoms with van der Waals surface area (Å²) in [5, 5.41) is 9.25. The minimum atomic E-state index is -0.450. The van der Waals surface area contributed by atoms with Gasteiger partial charge in [0.25, 0.3) is 5.56 Å². The van der Waals surface area contributed by atoms with Crippen molar-refractivity contribution < 1.29 is 9.50 Å². The van der Waals surface area contributed by atoms with Crippen molar-refractivity contribution in [3.63, 3.8) is 0 Å². The monoisotopic (exact) mass is 371 g/mol. The first-order valence-corrected chi connectivity index (χ1v) is 8.48. The largest absolute Gasteiger partial charge is 0.396 e. The summed E-state index contributed by atoms with van der Waals surface area (Å²) >= 11 is 0. The minimum absolute atomic E-state index is 0.00627. The van der Waals surface area contributed by atoms with Crippen LogP contribution in [0.1, 0.15) is 6.42 Å². The van der Waals surface area contributed by atoms with Gasteiger partial charge in [0.1, 0.15) is 5.82 Å². The first kappa shape index (κ1) is 17.2. The fourth-order valence-electron chi connectivity index (χ4n) is 3.32. The highest BCUT2D eigenvalue weighted by atomic mass is 19.1. The molecule has 0 fully saturated rings. The quantitative estimate of drug-likeness (QED) is 0.577. The zero-order valence-electron chi connectivity index (χ0n) is 14.9. The van der Waals surface area contributed by atoms with Crippen molar-refractivity contribution in [2.24, 2.45) is 14.1 Å². The third-order valence-electron chi connectivity index (χ3n) is 4.74. The number of halogens is 1. The molecule has 4 aromatic rings. The molecule has 3 aromatic heterocycles. The van der Waals surface area contributed by atoms with E-state index in [1.54, 1.807) is 29.8 Å². The van der Waals surface area contributed by atoms with Crippen molar-refractivity contribution in [2.75, 3.05) is 6.61 Å². The van der Waals surface area contributed by atoms with E-state index in [1.165, 1.54) is 23.7 Å². The fourth-order valence-corrected chi connectivity index (χ4v) is 3.32. The van der Waals surface area contributed by atoms with Crippen LogP contribution in [-0.4, -0.2) is 34.8 Å². The van der Waals surface area contributed by atoms with Crippen LogP contribution in [0, 0.1) is 5.82 Å². The Morgan fingerprint density at radius 2 is 1.81 bits per heavy atom. The second-order valence-electron chi connectivity index (χ2n) is 6.41. The average Bonchev–Trinajstić information content (AvgIpc) is 3.20. The Kier molecular flexibility index (Phi) is 3.96. The lowest BCUT2D eigenvalue weighted by molar-refractivity contribution is 0.280. The van der Waals surface area contributed by atoms with Crippen LogP contribution < -0.4 is 11.2 Å². The standard InChI is InChI=1S/C18H18FN5O3/c1-21-15-14(16(26)22(2)18(21)27)24-10-13(11-4-6-12(19)7-5-11)23(8-3-9-25)17(24)20-15/h4-7,10,25H,3,8-9H2,1-2H3. The third kappa shape index (κ3) is 2.50. The number of rotatable bonds is 4. The molecule has 3 heterocycles. The minimum Gasteiger partial charge on any atom is -0.396 e. The molecule has 0 bridgehead atoms. The Morgan fingerprint density at radius 1 is 1.11 bits per heavy atom. The average molecular weight is 371 g/mol. The van der Waals surface area contributed by atoms with Crippen molar-refractivity contribution >= 4 is 16.9 Å². The predicted molar refractivity (Wildman–Crippen MR) is 98.3 cm³/mol. The molecule has 1 aromatic carbocycles. The van der Waals surface area contributed by atoms with E-state index >= 15 is 0 Å². The molecule has 0 spiro atoms. The zero-order valence-corrected chi connectivity index (χ0v) is 14.9. The summed E-state index contributed by atoms with van der Waals surface area (Å²) < 4.78 is 19.2. The molecule has 0 aliphatic heterocycles. The van der Waals surface area contributed by atoms with E-state index < -0.39 is 11.2 Å². The molecule has 1 N–H and O–H groups in total. The molecule has 0 saturated heterocycles. The molecular weight excluding hydrogens is 353 g/mol. The number of hydrogen-bond donors (Lipinski definition) is 1. The van der Waals surface area contributed by atoms with E-state index in [-0.39, 0.29) is 12.4 Å². The number of aromatic nitrogens is 5. The van der Waals surface area contributed by atoms with Crippen LogP contribution in [-0.2, 0) is 20.6 Å². The van der Waals surface area contributed by atoms with Crippen molar-refractivity contribution in [2.45, 2.75) is 13.0 Å². The van der Waals surface area contributed by atoms with Gasteiger partial charge in [-0.25, -0.2) is 9.18 Å². The van der Waals surface area contributed by atoms with E-state index in [4.69, 9.17) is 0 Å². The molecule has 27 heavy (non-hydrogen) atoms. The Hall–Kier alpha value is -3.20. The maximum atomic E-state index is 13.3. The first-order valence-electron chi connectivity index (χ1n) is 8.48. The molecule has 0 aliphatic carbocycles. The maximum Gasteiger partial charge on any atom is 0.332 e. The highest BCUT2D eigenvalue weighted by Crippen LogP contribution is 2.25. The summed E-state index contributed by atoms with van der Waals surface area (Å²) in [5.41, 5.74) is 1.19. The maximum absolute atomic E-state index is 13.3. The molecule has 0 saturated carbocycles. The van der Waals surface area contributed by atoms with Crippen LogP contribution in [0.15, 0.2) is 40.1 Å². The van der Waals surface area contributed by atoms with Gasteiger partial charge in [0, 0.05) is 33.4 Å². The number of aliphatic hydroxyl groups excluding tert-OH is 1. The van der Waals surface area contributed by atoms with E-state index in [0.717, 1.165) is 15.8 Å². The molecular formula is C18H18FN5O3. The van der Waals surface area contributed by atoms with Gasteiger partial charge >= 0.3 is 5.69 Å². The summed E-state index contributed by atoms with van der Waals surface area (Å²) in [6.45, 7) is 0.449. The van der Waals surface area contributed by atoms with Gasteiger partial charge in [-0.2, -0.15) is 4.98 Å². The summed E-state index contributed by atoms with van der Waals surface area (Å²) in [4.78, 5) is 29.4. The number of benzene rings is 1. The van der Waals surface area contributed by atoms with E-state index in [0.29, 0.717) is 29.9 Å². The Balaban J connectivity index is 2.09. The van der Waals surface area contributed by atoms with Crippen LogP contribution in [0.4, 0.5) is 4.39 Å². The van der Waals surface area contributed by atoms with Crippen LogP contribution in [0.3, 0.4) is 0 Å². The molecule has 0 unspecified atom stereocenters. The normalized spacial score (nSPS) is 11.7. The molecule has 0 aliphatic rings. The molecule has 0 amide bonds. The fraction of sp³-hybridized carbons (Fsp3) is 0.278. The van der Waals surface area contributed by atoms with Gasteiger partial charge in [-0.1, -0.05) is 0 Å². The number of imidazole rings is 2. The molecule has 9 heteroatoms. The van der Waals surface area contributed by atoms with E-state index in [9.17, 15) is 19.1 Å². The van der Waals surface area contributed by atoms with Crippen molar-refractivity contribution in [3.05, 3.63) is 57.1 Å². The SMILES string of the molecule is Cn1c(=O)c2c(nc3n(CCCO)c(-c4ccc(F)cc4)cn23)n(C)c1=O. The van der Waals surface area contributed by atoms with Gasteiger partial charge in [0.2, 0.25) is 5.78 Å². The van der Waals surface area contributed by atoms with Crippen LogP contribution in [0.2, 0.25) is 0 Å². The van der Waals surface area contributed by atoms with Gasteiger partial charge in [-0.05, 0) is 36.2 Å². The lowest BCUT2D eigenvalue weighted by Crippen LogP contribution is -2.37. The number of nitrogens with zero attached hydrogens (tertiary/aromatic N) is 5. The second-order valence-corrected chi connectivity index (χ2v) is 6.41. The van der Waals surface area contributed by atoms with Crippen molar-refractivity contribution in [1.82, 2.24) is 23.1 Å². The highest BCUT2D eigenvalue weighted by molar-refractivity contribution is 5.78. The summed E-state index contributed by atoms with van der Waals surface area (Å²) in [7, 11) is 2.99. The zero-order chi connectivity index (χ0) is 19.3. The van der Waals surface area contributed by atoms with Crippen LogP contribution in [0.25, 0.3) is 28.2 Å². The number of fused-ring (bicyclic) bond motifs is 3. The molecule has 0 atom stereocenters. The van der Waals surface area contributed by atoms with Crippen LogP contribution >= 0.6 is 0 Å². The predicted octanol–water partition coefficient (Wildman–Crippen LogP) is 0.875. The third-order valence-corrected chi connectivity index (χ3v) is 4.74. The van der Waals surface area contributed by atoms with Crippen molar-refractivity contribution in [1.29, 1.82) is 0 Å². The van der Waals surface area contributed by atoms with Gasteiger partial charge in [-0.3, -0.25) is 18.3 Å². The summed E-state index contributed by atoms with van der Waals surface area (Å²) in [5.74, 6) is 0.141. The Morgan fingerprint density at radius 3 is 2.48 bits per heavy atom. The van der Waals surface area contributed by atoms with Gasteiger partial charge in [-0.15, -0.1) is 0 Å². The van der Waals surface area contributed by atoms with E-state index in [1.807, 2.05) is 4.57 Å². The van der Waals surface area contributed by atoms with Crippen LogP contribution in [0.5, 0.6) is 0 Å². The molecule has 140 valence electrons. The van der Waals surface area contributed by atoms with E-state index in [2.05, 4.69) is 4.98 Å². The Bertz CT molecular complexity index is 1280.